The van der Waals surface area contributed by atoms with Crippen LogP contribution in [-0.2, 0) is 13.1 Å². The van der Waals surface area contributed by atoms with E-state index in [0.29, 0.717) is 12.6 Å². The number of H-pyrrole nitrogens is 1. The SMILES string of the molecule is CCOc1ccc2[nH]c(=O)c(C[NH2+]C3CC[NH+](Cc4ccccc4)CC3)cc2c1. The van der Waals surface area contributed by atoms with Gasteiger partial charge in [0, 0.05) is 29.3 Å². The number of aromatic nitrogens is 1. The molecule has 1 fully saturated rings. The van der Waals surface area contributed by atoms with E-state index in [9.17, 15) is 4.79 Å². The lowest BCUT2D eigenvalue weighted by Gasteiger charge is -2.28. The Labute approximate surface area is 171 Å². The van der Waals surface area contributed by atoms with Gasteiger partial charge in [0.25, 0.3) is 5.56 Å². The Bertz CT molecular complexity index is 992. The molecule has 1 aliphatic heterocycles. The van der Waals surface area contributed by atoms with Crippen LogP contribution in [-0.4, -0.2) is 30.7 Å². The maximum absolute atomic E-state index is 12.5. The van der Waals surface area contributed by atoms with Crippen LogP contribution in [0.4, 0.5) is 0 Å². The number of rotatable bonds is 7. The van der Waals surface area contributed by atoms with Crippen molar-refractivity contribution in [2.75, 3.05) is 19.7 Å². The third-order valence-electron chi connectivity index (χ3n) is 5.91. The Hall–Kier alpha value is -2.63. The standard InChI is InChI=1S/C24H29N3O2/c1-2-29-22-8-9-23-19(15-22)14-20(24(28)26-23)16-25-21-10-12-27(13-11-21)17-18-6-4-3-5-7-18/h3-9,14-15,21,25H,2,10-13,16-17H2,1H3,(H,26,28)/p+2. The maximum Gasteiger partial charge on any atom is 0.257 e. The molecule has 1 aromatic heterocycles. The van der Waals surface area contributed by atoms with Crippen LogP contribution >= 0.6 is 0 Å². The number of hydrogen-bond acceptors (Lipinski definition) is 2. The molecule has 0 aliphatic carbocycles. The summed E-state index contributed by atoms with van der Waals surface area (Å²) < 4.78 is 5.59. The van der Waals surface area contributed by atoms with E-state index in [2.05, 4.69) is 40.6 Å². The van der Waals surface area contributed by atoms with Crippen molar-refractivity contribution in [2.24, 2.45) is 0 Å². The molecule has 5 heteroatoms. The van der Waals surface area contributed by atoms with Gasteiger partial charge in [-0.3, -0.25) is 4.79 Å². The monoisotopic (exact) mass is 393 g/mol. The molecular weight excluding hydrogens is 362 g/mol. The molecule has 0 unspecified atom stereocenters. The molecule has 0 saturated carbocycles. The first-order valence-corrected chi connectivity index (χ1v) is 10.7. The molecule has 2 aromatic carbocycles. The minimum atomic E-state index is 0.0186. The van der Waals surface area contributed by atoms with Crippen LogP contribution in [0.25, 0.3) is 10.9 Å². The zero-order chi connectivity index (χ0) is 20.1. The van der Waals surface area contributed by atoms with E-state index in [1.165, 1.54) is 31.5 Å². The van der Waals surface area contributed by atoms with Crippen molar-refractivity contribution < 1.29 is 15.0 Å². The lowest BCUT2D eigenvalue weighted by atomic mass is 10.0. The highest BCUT2D eigenvalue weighted by Gasteiger charge is 2.24. The molecule has 29 heavy (non-hydrogen) atoms. The van der Waals surface area contributed by atoms with Gasteiger partial charge in [-0.25, -0.2) is 0 Å². The normalized spacial score (nSPS) is 19.3. The fraction of sp³-hybridized carbons (Fsp3) is 0.375. The highest BCUT2D eigenvalue weighted by molar-refractivity contribution is 5.80. The van der Waals surface area contributed by atoms with Crippen LogP contribution in [0, 0.1) is 0 Å². The summed E-state index contributed by atoms with van der Waals surface area (Å²) >= 11 is 0. The average Bonchev–Trinajstić information content (AvgIpc) is 2.74. The Morgan fingerprint density at radius 1 is 1.10 bits per heavy atom. The van der Waals surface area contributed by atoms with Gasteiger partial charge in [-0.05, 0) is 31.2 Å². The molecule has 4 rings (SSSR count). The Balaban J connectivity index is 1.34. The van der Waals surface area contributed by atoms with Crippen molar-refractivity contribution >= 4 is 10.9 Å². The first kappa shape index (κ1) is 19.7. The number of nitrogens with one attached hydrogen (secondary N) is 2. The zero-order valence-electron chi connectivity index (χ0n) is 17.1. The lowest BCUT2D eigenvalue weighted by molar-refractivity contribution is -0.926. The van der Waals surface area contributed by atoms with Crippen LogP contribution in [0.2, 0.25) is 0 Å². The van der Waals surface area contributed by atoms with E-state index in [1.807, 2.05) is 31.2 Å². The minimum Gasteiger partial charge on any atom is -0.494 e. The van der Waals surface area contributed by atoms with Crippen LogP contribution in [0.1, 0.15) is 30.9 Å². The molecule has 3 aromatic rings. The number of aromatic amines is 1. The van der Waals surface area contributed by atoms with E-state index in [4.69, 9.17) is 4.74 Å². The van der Waals surface area contributed by atoms with Crippen LogP contribution in [0.3, 0.4) is 0 Å². The number of nitrogens with two attached hydrogens (primary N) is 1. The second-order valence-corrected chi connectivity index (χ2v) is 8.00. The van der Waals surface area contributed by atoms with Crippen molar-refractivity contribution in [3.05, 3.63) is 76.1 Å². The van der Waals surface area contributed by atoms with E-state index in [-0.39, 0.29) is 5.56 Å². The third kappa shape index (κ3) is 5.05. The molecule has 1 saturated heterocycles. The summed E-state index contributed by atoms with van der Waals surface area (Å²) in [5, 5.41) is 3.38. The molecule has 0 spiro atoms. The number of ether oxygens (including phenoxy) is 1. The van der Waals surface area contributed by atoms with Crippen LogP contribution < -0.4 is 20.5 Å². The van der Waals surface area contributed by atoms with Gasteiger partial charge < -0.3 is 19.9 Å². The molecule has 0 radical (unpaired) electrons. The smallest absolute Gasteiger partial charge is 0.257 e. The van der Waals surface area contributed by atoms with Gasteiger partial charge in [0.2, 0.25) is 0 Å². The van der Waals surface area contributed by atoms with Gasteiger partial charge in [0.15, 0.2) is 0 Å². The van der Waals surface area contributed by atoms with Crippen LogP contribution in [0.5, 0.6) is 5.75 Å². The van der Waals surface area contributed by atoms with Crippen molar-refractivity contribution in [2.45, 2.75) is 38.9 Å². The van der Waals surface area contributed by atoms with Crippen molar-refractivity contribution in [1.29, 1.82) is 0 Å². The van der Waals surface area contributed by atoms with Crippen molar-refractivity contribution in [3.63, 3.8) is 0 Å². The van der Waals surface area contributed by atoms with Crippen LogP contribution in [0.15, 0.2) is 59.4 Å². The molecule has 1 aliphatic rings. The molecule has 0 amide bonds. The van der Waals surface area contributed by atoms with Gasteiger partial charge in [0.05, 0.1) is 31.3 Å². The van der Waals surface area contributed by atoms with Gasteiger partial charge in [-0.15, -0.1) is 0 Å². The number of fused-ring (bicyclic) bond motifs is 1. The predicted molar refractivity (Wildman–Crippen MR) is 115 cm³/mol. The van der Waals surface area contributed by atoms with Gasteiger partial charge in [0.1, 0.15) is 18.8 Å². The molecule has 152 valence electrons. The summed E-state index contributed by atoms with van der Waals surface area (Å²) in [6.45, 7) is 6.84. The molecule has 0 atom stereocenters. The summed E-state index contributed by atoms with van der Waals surface area (Å²) in [7, 11) is 0. The Morgan fingerprint density at radius 3 is 2.66 bits per heavy atom. The fourth-order valence-corrected chi connectivity index (χ4v) is 4.28. The summed E-state index contributed by atoms with van der Waals surface area (Å²) in [6.07, 6.45) is 2.39. The van der Waals surface area contributed by atoms with E-state index in [0.717, 1.165) is 35.3 Å². The summed E-state index contributed by atoms with van der Waals surface area (Å²) in [5.74, 6) is 0.843. The zero-order valence-corrected chi connectivity index (χ0v) is 17.1. The number of benzene rings is 2. The molecule has 4 N–H and O–H groups in total. The number of likely N-dealkylation sites (tertiary alicyclic amines) is 1. The summed E-state index contributed by atoms with van der Waals surface area (Å²) in [4.78, 5) is 17.1. The first-order valence-electron chi connectivity index (χ1n) is 10.7. The number of hydrogen-bond donors (Lipinski definition) is 3. The Morgan fingerprint density at radius 2 is 1.90 bits per heavy atom. The number of piperidine rings is 1. The highest BCUT2D eigenvalue weighted by atomic mass is 16.5. The molecule has 2 heterocycles. The largest absolute Gasteiger partial charge is 0.494 e. The Kier molecular flexibility index (Phi) is 6.27. The fourth-order valence-electron chi connectivity index (χ4n) is 4.28. The van der Waals surface area contributed by atoms with Crippen molar-refractivity contribution in [3.8, 4) is 5.75 Å². The first-order chi connectivity index (χ1) is 14.2. The third-order valence-corrected chi connectivity index (χ3v) is 5.91. The summed E-state index contributed by atoms with van der Waals surface area (Å²) in [6, 6.07) is 19.2. The molecular formula is C24H31N3O2+2. The van der Waals surface area contributed by atoms with Gasteiger partial charge >= 0.3 is 0 Å². The quantitative estimate of drug-likeness (QED) is 0.566. The second kappa shape index (κ2) is 9.25. The van der Waals surface area contributed by atoms with E-state index < -0.39 is 0 Å². The van der Waals surface area contributed by atoms with E-state index in [1.54, 1.807) is 4.90 Å². The lowest BCUT2D eigenvalue weighted by Crippen LogP contribution is -3.13. The summed E-state index contributed by atoms with van der Waals surface area (Å²) in [5.41, 5.74) is 3.13. The van der Waals surface area contributed by atoms with Gasteiger partial charge in [-0.2, -0.15) is 0 Å². The average molecular weight is 394 g/mol. The van der Waals surface area contributed by atoms with Gasteiger partial charge in [-0.1, -0.05) is 30.3 Å². The van der Waals surface area contributed by atoms with Crippen molar-refractivity contribution in [1.82, 2.24) is 4.98 Å². The number of quaternary nitrogens is 2. The molecule has 0 bridgehead atoms. The minimum absolute atomic E-state index is 0.0186. The number of pyridine rings is 1. The predicted octanol–water partition coefficient (Wildman–Crippen LogP) is 1.24. The second-order valence-electron chi connectivity index (χ2n) is 8.00. The van der Waals surface area contributed by atoms with E-state index >= 15 is 0 Å². The highest BCUT2D eigenvalue weighted by Crippen LogP contribution is 2.19. The maximum atomic E-state index is 12.5. The topological polar surface area (TPSA) is 63.1 Å². The molecule has 5 nitrogen and oxygen atoms in total.